The maximum absolute atomic E-state index is 4.82. The molecule has 0 atom stereocenters. The molecule has 0 aliphatic rings. The lowest BCUT2D eigenvalue weighted by Crippen LogP contribution is -2.13. The van der Waals surface area contributed by atoms with E-state index in [4.69, 9.17) is 10.1 Å². The Kier molecular flexibility index (Phi) is 5.99. The first-order chi connectivity index (χ1) is 13.8. The Hall–Kier alpha value is -2.70. The van der Waals surface area contributed by atoms with Gasteiger partial charge in [-0.3, -0.25) is 4.99 Å². The number of benzene rings is 2. The number of aromatic nitrogens is 2. The number of hydrogen-bond donors (Lipinski definition) is 1. The predicted molar refractivity (Wildman–Crippen MR) is 120 cm³/mol. The number of nitrogens with one attached hydrogen (secondary N) is 1. The highest BCUT2D eigenvalue weighted by Gasteiger charge is 2.08. The van der Waals surface area contributed by atoms with Crippen LogP contribution in [0.25, 0.3) is 11.3 Å². The van der Waals surface area contributed by atoms with Crippen LogP contribution >= 0.6 is 27.3 Å². The summed E-state index contributed by atoms with van der Waals surface area (Å²) in [5.74, 6) is 0. The van der Waals surface area contributed by atoms with Gasteiger partial charge in [-0.1, -0.05) is 58.4 Å². The molecule has 28 heavy (non-hydrogen) atoms. The molecule has 6 heteroatoms. The monoisotopic (exact) mass is 450 g/mol. The minimum absolute atomic E-state index is 0.723. The summed E-state index contributed by atoms with van der Waals surface area (Å²) in [6.45, 7) is 0.723. The van der Waals surface area contributed by atoms with Crippen molar-refractivity contribution < 1.29 is 0 Å². The van der Waals surface area contributed by atoms with Crippen molar-refractivity contribution in [2.24, 2.45) is 10.1 Å². The van der Waals surface area contributed by atoms with Crippen molar-refractivity contribution in [2.45, 2.75) is 6.42 Å². The molecule has 0 radical (unpaired) electrons. The minimum atomic E-state index is 0.723. The number of thiazole rings is 1. The van der Waals surface area contributed by atoms with Gasteiger partial charge in [0.05, 0.1) is 17.6 Å². The van der Waals surface area contributed by atoms with Gasteiger partial charge in [0.15, 0.2) is 0 Å². The number of hydrogen-bond acceptors (Lipinski definition) is 3. The first-order valence-corrected chi connectivity index (χ1v) is 10.7. The molecule has 2 aromatic heterocycles. The van der Waals surface area contributed by atoms with E-state index in [1.165, 1.54) is 5.56 Å². The molecule has 140 valence electrons. The lowest BCUT2D eigenvalue weighted by molar-refractivity contribution is 0.816. The number of aromatic amines is 1. The molecule has 2 heterocycles. The highest BCUT2D eigenvalue weighted by atomic mass is 79.9. The van der Waals surface area contributed by atoms with Crippen LogP contribution in [-0.2, 0) is 6.42 Å². The van der Waals surface area contributed by atoms with E-state index < -0.39 is 0 Å². The summed E-state index contributed by atoms with van der Waals surface area (Å²) in [7, 11) is 0. The van der Waals surface area contributed by atoms with Gasteiger partial charge in [-0.05, 0) is 36.2 Å². The second-order valence-corrected chi connectivity index (χ2v) is 7.97. The van der Waals surface area contributed by atoms with Gasteiger partial charge in [-0.15, -0.1) is 11.3 Å². The third kappa shape index (κ3) is 4.58. The van der Waals surface area contributed by atoms with Crippen LogP contribution in [0.1, 0.15) is 11.3 Å². The molecule has 0 saturated carbocycles. The van der Waals surface area contributed by atoms with Crippen molar-refractivity contribution in [3.05, 3.63) is 98.8 Å². The molecule has 0 unspecified atom stereocenters. The molecular formula is C22H19BrN4S. The molecule has 4 aromatic rings. The molecule has 2 aromatic carbocycles. The second-order valence-electron chi connectivity index (χ2n) is 6.21. The topological polar surface area (TPSA) is 45.4 Å². The molecular weight excluding hydrogens is 432 g/mol. The average Bonchev–Trinajstić information content (AvgIpc) is 3.37. The van der Waals surface area contributed by atoms with Crippen molar-refractivity contribution in [1.29, 1.82) is 0 Å². The van der Waals surface area contributed by atoms with Gasteiger partial charge >= 0.3 is 0 Å². The van der Waals surface area contributed by atoms with E-state index in [1.54, 1.807) is 11.3 Å². The SMILES string of the molecule is Brc1cccc(-c2csc(=NCCc3ccccc3)n2N=Cc2ccc[nH]2)c1. The van der Waals surface area contributed by atoms with Crippen LogP contribution in [0.15, 0.2) is 92.9 Å². The number of nitrogens with zero attached hydrogens (tertiary/aromatic N) is 3. The van der Waals surface area contributed by atoms with Crippen molar-refractivity contribution in [1.82, 2.24) is 9.66 Å². The van der Waals surface area contributed by atoms with Crippen LogP contribution in [0.5, 0.6) is 0 Å². The molecule has 0 spiro atoms. The summed E-state index contributed by atoms with van der Waals surface area (Å²) in [5.41, 5.74) is 4.36. The van der Waals surface area contributed by atoms with Gasteiger partial charge in [0, 0.05) is 28.2 Å². The molecule has 0 saturated heterocycles. The lowest BCUT2D eigenvalue weighted by atomic mass is 10.2. The zero-order valence-electron chi connectivity index (χ0n) is 15.1. The quantitative estimate of drug-likeness (QED) is 0.385. The van der Waals surface area contributed by atoms with E-state index in [0.29, 0.717) is 0 Å². The highest BCUT2D eigenvalue weighted by molar-refractivity contribution is 9.10. The zero-order valence-corrected chi connectivity index (χ0v) is 17.5. The molecule has 0 fully saturated rings. The Morgan fingerprint density at radius 1 is 1.04 bits per heavy atom. The van der Waals surface area contributed by atoms with Crippen LogP contribution < -0.4 is 4.80 Å². The summed E-state index contributed by atoms with van der Waals surface area (Å²) in [5, 5.41) is 6.81. The normalized spacial score (nSPS) is 12.1. The van der Waals surface area contributed by atoms with Gasteiger partial charge in [0.1, 0.15) is 0 Å². The van der Waals surface area contributed by atoms with Gasteiger partial charge < -0.3 is 4.98 Å². The minimum Gasteiger partial charge on any atom is -0.360 e. The van der Waals surface area contributed by atoms with Gasteiger partial charge in [0.25, 0.3) is 0 Å². The molecule has 0 aliphatic heterocycles. The summed E-state index contributed by atoms with van der Waals surface area (Å²) >= 11 is 5.16. The summed E-state index contributed by atoms with van der Waals surface area (Å²) in [4.78, 5) is 8.85. The highest BCUT2D eigenvalue weighted by Crippen LogP contribution is 2.23. The van der Waals surface area contributed by atoms with Gasteiger partial charge in [-0.2, -0.15) is 5.10 Å². The van der Waals surface area contributed by atoms with E-state index in [1.807, 2.05) is 47.4 Å². The Bertz CT molecular complexity index is 1120. The molecule has 1 N–H and O–H groups in total. The molecule has 0 bridgehead atoms. The number of H-pyrrole nitrogens is 1. The van der Waals surface area contributed by atoms with Crippen molar-refractivity contribution in [2.75, 3.05) is 6.54 Å². The third-order valence-corrected chi connectivity index (χ3v) is 5.58. The van der Waals surface area contributed by atoms with Gasteiger partial charge in [0.2, 0.25) is 4.80 Å². The van der Waals surface area contributed by atoms with Crippen LogP contribution in [0.2, 0.25) is 0 Å². The second kappa shape index (κ2) is 8.99. The van der Waals surface area contributed by atoms with E-state index >= 15 is 0 Å². The van der Waals surface area contributed by atoms with Gasteiger partial charge in [-0.25, -0.2) is 4.68 Å². The lowest BCUT2D eigenvalue weighted by Gasteiger charge is -2.04. The fourth-order valence-corrected chi connectivity index (χ4v) is 4.10. The molecule has 0 aliphatic carbocycles. The zero-order chi connectivity index (χ0) is 19.2. The summed E-state index contributed by atoms with van der Waals surface area (Å²) < 4.78 is 2.96. The Balaban J connectivity index is 1.68. The van der Waals surface area contributed by atoms with Crippen LogP contribution in [0, 0.1) is 0 Å². The fourth-order valence-electron chi connectivity index (χ4n) is 2.84. The van der Waals surface area contributed by atoms with E-state index in [2.05, 4.69) is 62.7 Å². The van der Waals surface area contributed by atoms with E-state index in [-0.39, 0.29) is 0 Å². The Morgan fingerprint density at radius 2 is 1.93 bits per heavy atom. The Morgan fingerprint density at radius 3 is 2.71 bits per heavy atom. The van der Waals surface area contributed by atoms with Crippen molar-refractivity contribution in [3.8, 4) is 11.3 Å². The third-order valence-electron chi connectivity index (χ3n) is 4.23. The summed E-state index contributed by atoms with van der Waals surface area (Å²) in [6, 6.07) is 22.6. The standard InChI is InChI=1S/C22H19BrN4S/c23-19-9-4-8-18(14-19)21-16-28-22(25-13-11-17-6-2-1-3-7-17)27(21)26-15-20-10-5-12-24-20/h1-10,12,14-16,24H,11,13H2. The number of rotatable bonds is 6. The van der Waals surface area contributed by atoms with Crippen LogP contribution in [-0.4, -0.2) is 22.4 Å². The Labute approximate surface area is 176 Å². The first-order valence-electron chi connectivity index (χ1n) is 8.98. The van der Waals surface area contributed by atoms with Crippen molar-refractivity contribution >= 4 is 33.5 Å². The largest absolute Gasteiger partial charge is 0.360 e. The molecule has 0 amide bonds. The van der Waals surface area contributed by atoms with E-state index in [9.17, 15) is 0 Å². The maximum atomic E-state index is 4.82. The fraction of sp³-hybridized carbons (Fsp3) is 0.0909. The van der Waals surface area contributed by atoms with Crippen LogP contribution in [0.3, 0.4) is 0 Å². The molecule has 4 rings (SSSR count). The molecule has 4 nitrogen and oxygen atoms in total. The predicted octanol–water partition coefficient (Wildman–Crippen LogP) is 5.33. The summed E-state index contributed by atoms with van der Waals surface area (Å²) in [6.07, 6.45) is 4.62. The van der Waals surface area contributed by atoms with Crippen molar-refractivity contribution in [3.63, 3.8) is 0 Å². The first kappa shape index (κ1) is 18.7. The average molecular weight is 451 g/mol. The number of halogens is 1. The van der Waals surface area contributed by atoms with E-state index in [0.717, 1.165) is 39.2 Å². The maximum Gasteiger partial charge on any atom is 0.206 e. The smallest absolute Gasteiger partial charge is 0.206 e. The van der Waals surface area contributed by atoms with Crippen LogP contribution in [0.4, 0.5) is 0 Å².